The van der Waals surface area contributed by atoms with Crippen molar-refractivity contribution in [2.24, 2.45) is 11.8 Å². The zero-order valence-corrected chi connectivity index (χ0v) is 3.57. The topological polar surface area (TPSA) is 23.9 Å². The van der Waals surface area contributed by atoms with E-state index in [1.54, 1.807) is 0 Å². The minimum absolute atomic E-state index is 0.782. The SMILES string of the molecule is N=C1CC2CC12. The fourth-order valence-corrected chi connectivity index (χ4v) is 1.17. The van der Waals surface area contributed by atoms with Gasteiger partial charge < -0.3 is 5.41 Å². The molecule has 0 saturated heterocycles. The number of hydrogen-bond donors (Lipinski definition) is 1. The Bertz CT molecular complexity index is 107. The van der Waals surface area contributed by atoms with E-state index >= 15 is 0 Å². The van der Waals surface area contributed by atoms with Crippen molar-refractivity contribution in [3.05, 3.63) is 0 Å². The van der Waals surface area contributed by atoms with E-state index in [0.29, 0.717) is 0 Å². The second-order valence-electron chi connectivity index (χ2n) is 2.33. The highest BCUT2D eigenvalue weighted by Crippen LogP contribution is 2.52. The monoisotopic (exact) mass is 81.1 g/mol. The Balaban J connectivity index is 2.26. The number of hydrogen-bond acceptors (Lipinski definition) is 1. The maximum absolute atomic E-state index is 7.08. The molecule has 0 amide bonds. The minimum Gasteiger partial charge on any atom is -0.309 e. The van der Waals surface area contributed by atoms with Crippen LogP contribution < -0.4 is 0 Å². The van der Waals surface area contributed by atoms with Crippen LogP contribution in [0.4, 0.5) is 0 Å². The lowest BCUT2D eigenvalue weighted by Gasteiger charge is -2.08. The quantitative estimate of drug-likeness (QED) is 0.450. The number of fused-ring (bicyclic) bond motifs is 1. The molecule has 0 aliphatic heterocycles. The Morgan fingerprint density at radius 1 is 1.67 bits per heavy atom. The van der Waals surface area contributed by atoms with Gasteiger partial charge in [0.15, 0.2) is 0 Å². The molecular weight excluding hydrogens is 74.1 g/mol. The van der Waals surface area contributed by atoms with Crippen molar-refractivity contribution in [3.63, 3.8) is 0 Å². The van der Waals surface area contributed by atoms with E-state index in [4.69, 9.17) is 5.41 Å². The lowest BCUT2D eigenvalue weighted by atomic mass is 9.98. The first-order valence-corrected chi connectivity index (χ1v) is 2.45. The summed E-state index contributed by atoms with van der Waals surface area (Å²) in [6, 6.07) is 0. The molecule has 2 unspecified atom stereocenters. The van der Waals surface area contributed by atoms with Gasteiger partial charge in [-0.25, -0.2) is 0 Å². The molecule has 0 heterocycles. The van der Waals surface area contributed by atoms with Crippen molar-refractivity contribution < 1.29 is 0 Å². The average Bonchev–Trinajstić information content (AvgIpc) is 2.12. The molecule has 2 saturated carbocycles. The maximum Gasteiger partial charge on any atom is 0.0126 e. The summed E-state index contributed by atoms with van der Waals surface area (Å²) in [6.45, 7) is 0. The Kier molecular flexibility index (Phi) is 0.256. The first kappa shape index (κ1) is 2.78. The van der Waals surface area contributed by atoms with Crippen molar-refractivity contribution in [2.45, 2.75) is 12.8 Å². The molecule has 1 heteroatoms. The second kappa shape index (κ2) is 0.552. The molecule has 2 aliphatic rings. The lowest BCUT2D eigenvalue weighted by Crippen LogP contribution is -2.12. The van der Waals surface area contributed by atoms with Gasteiger partial charge in [-0.15, -0.1) is 0 Å². The molecule has 2 aliphatic carbocycles. The van der Waals surface area contributed by atoms with Crippen LogP contribution in [0.1, 0.15) is 12.8 Å². The first-order chi connectivity index (χ1) is 2.88. The molecule has 0 aromatic rings. The zero-order valence-electron chi connectivity index (χ0n) is 3.57. The fourth-order valence-electron chi connectivity index (χ4n) is 1.17. The van der Waals surface area contributed by atoms with Crippen LogP contribution in [0.2, 0.25) is 0 Å². The van der Waals surface area contributed by atoms with Crippen molar-refractivity contribution >= 4 is 5.71 Å². The third kappa shape index (κ3) is 0.140. The lowest BCUT2D eigenvalue weighted by molar-refractivity contribution is 0.742. The number of nitrogens with one attached hydrogen (secondary N) is 1. The molecule has 2 fully saturated rings. The van der Waals surface area contributed by atoms with Crippen LogP contribution in [-0.4, -0.2) is 5.71 Å². The van der Waals surface area contributed by atoms with Crippen LogP contribution >= 0.6 is 0 Å². The van der Waals surface area contributed by atoms with Gasteiger partial charge in [0.25, 0.3) is 0 Å². The van der Waals surface area contributed by atoms with E-state index in [9.17, 15) is 0 Å². The van der Waals surface area contributed by atoms with Crippen molar-refractivity contribution in [3.8, 4) is 0 Å². The summed E-state index contributed by atoms with van der Waals surface area (Å²) >= 11 is 0. The highest BCUT2D eigenvalue weighted by atomic mass is 14.6. The molecule has 0 aromatic heterocycles. The Morgan fingerprint density at radius 3 is 2.50 bits per heavy atom. The normalized spacial score (nSPS) is 50.3. The molecule has 1 N–H and O–H groups in total. The highest BCUT2D eigenvalue weighted by molar-refractivity contribution is 5.93. The van der Waals surface area contributed by atoms with E-state index in [-0.39, 0.29) is 0 Å². The Morgan fingerprint density at radius 2 is 2.50 bits per heavy atom. The van der Waals surface area contributed by atoms with Gasteiger partial charge in [-0.2, -0.15) is 0 Å². The molecule has 32 valence electrons. The molecule has 0 spiro atoms. The van der Waals surface area contributed by atoms with E-state index in [0.717, 1.165) is 24.0 Å². The molecule has 2 atom stereocenters. The summed E-state index contributed by atoms with van der Waals surface area (Å²) < 4.78 is 0. The largest absolute Gasteiger partial charge is 0.309 e. The fraction of sp³-hybridized carbons (Fsp3) is 0.800. The van der Waals surface area contributed by atoms with Gasteiger partial charge in [0, 0.05) is 11.6 Å². The van der Waals surface area contributed by atoms with Gasteiger partial charge in [-0.3, -0.25) is 0 Å². The van der Waals surface area contributed by atoms with Gasteiger partial charge >= 0.3 is 0 Å². The predicted octanol–water partition coefficient (Wildman–Crippen LogP) is 1.05. The van der Waals surface area contributed by atoms with E-state index in [2.05, 4.69) is 0 Å². The molecule has 1 nitrogen and oxygen atoms in total. The maximum atomic E-state index is 7.08. The zero-order chi connectivity index (χ0) is 4.15. The molecule has 0 aromatic carbocycles. The van der Waals surface area contributed by atoms with Crippen LogP contribution in [0, 0.1) is 17.2 Å². The minimum atomic E-state index is 0.782. The van der Waals surface area contributed by atoms with E-state index in [1.807, 2.05) is 0 Å². The summed E-state index contributed by atoms with van der Waals surface area (Å²) in [4.78, 5) is 0. The van der Waals surface area contributed by atoms with Gasteiger partial charge in [0.05, 0.1) is 0 Å². The van der Waals surface area contributed by atoms with Crippen LogP contribution in [-0.2, 0) is 0 Å². The summed E-state index contributed by atoms with van der Waals surface area (Å²) in [7, 11) is 0. The van der Waals surface area contributed by atoms with E-state index < -0.39 is 0 Å². The standard InChI is InChI=1S/C5H7N/c6-5-2-3-1-4(3)5/h3-4,6H,1-2H2. The van der Waals surface area contributed by atoms with Crippen molar-refractivity contribution in [1.82, 2.24) is 0 Å². The smallest absolute Gasteiger partial charge is 0.0126 e. The highest BCUT2D eigenvalue weighted by Gasteiger charge is 2.49. The summed E-state index contributed by atoms with van der Waals surface area (Å²) in [5.74, 6) is 1.77. The van der Waals surface area contributed by atoms with E-state index in [1.165, 1.54) is 6.42 Å². The predicted molar refractivity (Wildman–Crippen MR) is 23.9 cm³/mol. The molecule has 2 rings (SSSR count). The van der Waals surface area contributed by atoms with Crippen LogP contribution in [0.3, 0.4) is 0 Å². The second-order valence-corrected chi connectivity index (χ2v) is 2.33. The first-order valence-electron chi connectivity index (χ1n) is 2.45. The van der Waals surface area contributed by atoms with Crippen LogP contribution in [0.5, 0.6) is 0 Å². The van der Waals surface area contributed by atoms with Crippen molar-refractivity contribution in [1.29, 1.82) is 5.41 Å². The Hall–Kier alpha value is -0.330. The third-order valence-electron chi connectivity index (χ3n) is 1.85. The van der Waals surface area contributed by atoms with Crippen LogP contribution in [0.15, 0.2) is 0 Å². The molecular formula is C5H7N. The summed E-state index contributed by atoms with van der Waals surface area (Å²) in [6.07, 6.45) is 2.48. The van der Waals surface area contributed by atoms with Gasteiger partial charge in [-0.05, 0) is 18.8 Å². The van der Waals surface area contributed by atoms with Crippen LogP contribution in [0.25, 0.3) is 0 Å². The molecule has 6 heavy (non-hydrogen) atoms. The third-order valence-corrected chi connectivity index (χ3v) is 1.85. The average molecular weight is 81.1 g/mol. The summed E-state index contributed by atoms with van der Waals surface area (Å²) in [5.41, 5.74) is 1.01. The Labute approximate surface area is 36.9 Å². The number of rotatable bonds is 0. The van der Waals surface area contributed by atoms with Gasteiger partial charge in [0.2, 0.25) is 0 Å². The van der Waals surface area contributed by atoms with Gasteiger partial charge in [0.1, 0.15) is 0 Å². The summed E-state index contributed by atoms with van der Waals surface area (Å²) in [5, 5.41) is 7.08. The molecule has 0 radical (unpaired) electrons. The van der Waals surface area contributed by atoms with Gasteiger partial charge in [-0.1, -0.05) is 0 Å². The molecule has 0 bridgehead atoms. The van der Waals surface area contributed by atoms with Crippen molar-refractivity contribution in [2.75, 3.05) is 0 Å².